The van der Waals surface area contributed by atoms with Crippen molar-refractivity contribution >= 4 is 40.9 Å². The number of hydrogen-bond acceptors (Lipinski definition) is 4. The fourth-order valence-corrected chi connectivity index (χ4v) is 3.23. The van der Waals surface area contributed by atoms with Gasteiger partial charge in [-0.1, -0.05) is 23.2 Å². The van der Waals surface area contributed by atoms with Crippen molar-refractivity contribution in [3.63, 3.8) is 0 Å². The first-order valence-corrected chi connectivity index (χ1v) is 9.35. The molecule has 1 atom stereocenters. The first kappa shape index (κ1) is 20.6. The molecule has 2 N–H and O–H groups in total. The van der Waals surface area contributed by atoms with Crippen LogP contribution in [0.1, 0.15) is 33.6 Å². The fourth-order valence-electron chi connectivity index (χ4n) is 2.70. The molecule has 1 fully saturated rings. The number of nitrogens with zero attached hydrogens (tertiary/aromatic N) is 1. The van der Waals surface area contributed by atoms with E-state index in [0.29, 0.717) is 28.8 Å². The van der Waals surface area contributed by atoms with Gasteiger partial charge in [0, 0.05) is 34.9 Å². The summed E-state index contributed by atoms with van der Waals surface area (Å²) in [5, 5.41) is 6.94. The Hall–Kier alpha value is -1.66. The zero-order valence-electron chi connectivity index (χ0n) is 15.3. The normalized spacial score (nSPS) is 17.6. The first-order valence-electron chi connectivity index (χ1n) is 8.59. The molecule has 1 aromatic rings. The second-order valence-electron chi connectivity index (χ2n) is 7.34. The van der Waals surface area contributed by atoms with Gasteiger partial charge in [0.1, 0.15) is 5.60 Å². The third-order valence-electron chi connectivity index (χ3n) is 3.75. The standard InChI is InChI=1S/C18H25Cl2N3O3/c1-18(2,3)26-17(25)23-6-4-5-14(11-23)22-16(24)10-21-15-8-12(19)7-13(20)9-15/h7-9,14,21H,4-6,10-11H2,1-3H3,(H,22,24)/t14-/m1/s1. The van der Waals surface area contributed by atoms with E-state index < -0.39 is 5.60 Å². The molecule has 1 aliphatic rings. The van der Waals surface area contributed by atoms with Crippen LogP contribution in [-0.4, -0.2) is 48.2 Å². The summed E-state index contributed by atoms with van der Waals surface area (Å²) in [5.41, 5.74) is 0.145. The number of hydrogen-bond donors (Lipinski definition) is 2. The summed E-state index contributed by atoms with van der Waals surface area (Å²) in [6, 6.07) is 4.94. The summed E-state index contributed by atoms with van der Waals surface area (Å²) < 4.78 is 5.40. The van der Waals surface area contributed by atoms with Gasteiger partial charge >= 0.3 is 6.09 Å². The highest BCUT2D eigenvalue weighted by Crippen LogP contribution is 2.22. The number of ether oxygens (including phenoxy) is 1. The number of carbonyl (C=O) groups excluding carboxylic acids is 2. The third-order valence-corrected chi connectivity index (χ3v) is 4.19. The van der Waals surface area contributed by atoms with Crippen molar-refractivity contribution < 1.29 is 14.3 Å². The van der Waals surface area contributed by atoms with Crippen LogP contribution in [0.3, 0.4) is 0 Å². The lowest BCUT2D eigenvalue weighted by molar-refractivity contribution is -0.120. The summed E-state index contributed by atoms with van der Waals surface area (Å²) in [6.07, 6.45) is 1.30. The van der Waals surface area contributed by atoms with Crippen molar-refractivity contribution in [3.8, 4) is 0 Å². The average molecular weight is 402 g/mol. The van der Waals surface area contributed by atoms with Crippen molar-refractivity contribution in [1.29, 1.82) is 0 Å². The van der Waals surface area contributed by atoms with Crippen LogP contribution in [0.2, 0.25) is 10.0 Å². The Balaban J connectivity index is 1.81. The average Bonchev–Trinajstić information content (AvgIpc) is 2.51. The summed E-state index contributed by atoms with van der Waals surface area (Å²) >= 11 is 11.9. The Labute approximate surface area is 164 Å². The Morgan fingerprint density at radius 3 is 2.50 bits per heavy atom. The minimum atomic E-state index is -0.532. The number of piperidine rings is 1. The highest BCUT2D eigenvalue weighted by atomic mass is 35.5. The van der Waals surface area contributed by atoms with E-state index >= 15 is 0 Å². The van der Waals surface area contributed by atoms with Crippen molar-refractivity contribution in [2.24, 2.45) is 0 Å². The molecule has 8 heteroatoms. The van der Waals surface area contributed by atoms with Gasteiger partial charge in [-0.2, -0.15) is 0 Å². The molecular weight excluding hydrogens is 377 g/mol. The molecule has 6 nitrogen and oxygen atoms in total. The van der Waals surface area contributed by atoms with E-state index in [-0.39, 0.29) is 24.6 Å². The molecule has 0 aromatic heterocycles. The van der Waals surface area contributed by atoms with Gasteiger partial charge in [0.15, 0.2) is 0 Å². The third kappa shape index (κ3) is 6.92. The number of carbonyl (C=O) groups is 2. The number of halogens is 2. The second kappa shape index (κ2) is 8.82. The van der Waals surface area contributed by atoms with Crippen molar-refractivity contribution in [2.45, 2.75) is 45.3 Å². The highest BCUT2D eigenvalue weighted by molar-refractivity contribution is 6.35. The van der Waals surface area contributed by atoms with E-state index in [1.165, 1.54) is 0 Å². The number of amides is 2. The predicted octanol–water partition coefficient (Wildman–Crippen LogP) is 3.92. The van der Waals surface area contributed by atoms with Crippen molar-refractivity contribution in [3.05, 3.63) is 28.2 Å². The predicted molar refractivity (Wildman–Crippen MR) is 104 cm³/mol. The van der Waals surface area contributed by atoms with E-state index in [9.17, 15) is 9.59 Å². The summed E-state index contributed by atoms with van der Waals surface area (Å²) in [6.45, 7) is 6.69. The van der Waals surface area contributed by atoms with E-state index in [1.807, 2.05) is 20.8 Å². The molecule has 0 radical (unpaired) electrons. The van der Waals surface area contributed by atoms with Crippen LogP contribution in [0.25, 0.3) is 0 Å². The Morgan fingerprint density at radius 1 is 1.23 bits per heavy atom. The van der Waals surface area contributed by atoms with Crippen LogP contribution in [0.15, 0.2) is 18.2 Å². The van der Waals surface area contributed by atoms with E-state index in [1.54, 1.807) is 23.1 Å². The SMILES string of the molecule is CC(C)(C)OC(=O)N1CCC[C@@H](NC(=O)CNc2cc(Cl)cc(Cl)c2)C1. The maximum atomic E-state index is 12.2. The van der Waals surface area contributed by atoms with Crippen LogP contribution in [-0.2, 0) is 9.53 Å². The number of benzene rings is 1. The second-order valence-corrected chi connectivity index (χ2v) is 8.22. The molecular formula is C18H25Cl2N3O3. The molecule has 0 spiro atoms. The topological polar surface area (TPSA) is 70.7 Å². The Kier molecular flexibility index (Phi) is 7.01. The van der Waals surface area contributed by atoms with Crippen LogP contribution < -0.4 is 10.6 Å². The monoisotopic (exact) mass is 401 g/mol. The van der Waals surface area contributed by atoms with E-state index in [4.69, 9.17) is 27.9 Å². The van der Waals surface area contributed by atoms with Gasteiger partial charge in [-0.15, -0.1) is 0 Å². The van der Waals surface area contributed by atoms with E-state index in [2.05, 4.69) is 10.6 Å². The molecule has 0 saturated carbocycles. The lowest BCUT2D eigenvalue weighted by Crippen LogP contribution is -2.51. The van der Waals surface area contributed by atoms with Gasteiger partial charge in [0.05, 0.1) is 6.54 Å². The fraction of sp³-hybridized carbons (Fsp3) is 0.556. The van der Waals surface area contributed by atoms with Crippen LogP contribution in [0.4, 0.5) is 10.5 Å². The largest absolute Gasteiger partial charge is 0.444 e. The minimum Gasteiger partial charge on any atom is -0.444 e. The van der Waals surface area contributed by atoms with Crippen molar-refractivity contribution in [2.75, 3.05) is 25.0 Å². The Morgan fingerprint density at radius 2 is 1.88 bits per heavy atom. The number of anilines is 1. The molecule has 1 aromatic carbocycles. The van der Waals surface area contributed by atoms with Gasteiger partial charge in [0.25, 0.3) is 0 Å². The molecule has 1 saturated heterocycles. The maximum Gasteiger partial charge on any atom is 0.410 e. The number of rotatable bonds is 4. The first-order chi connectivity index (χ1) is 12.1. The maximum absolute atomic E-state index is 12.2. The zero-order chi connectivity index (χ0) is 19.3. The lowest BCUT2D eigenvalue weighted by atomic mass is 10.1. The van der Waals surface area contributed by atoms with Gasteiger partial charge in [0.2, 0.25) is 5.91 Å². The zero-order valence-corrected chi connectivity index (χ0v) is 16.8. The molecule has 2 amide bonds. The molecule has 0 aliphatic carbocycles. The molecule has 26 heavy (non-hydrogen) atoms. The molecule has 0 unspecified atom stereocenters. The molecule has 144 valence electrons. The van der Waals surface area contributed by atoms with Crippen LogP contribution in [0.5, 0.6) is 0 Å². The molecule has 1 aliphatic heterocycles. The lowest BCUT2D eigenvalue weighted by Gasteiger charge is -2.34. The molecule has 1 heterocycles. The number of nitrogens with one attached hydrogen (secondary N) is 2. The van der Waals surface area contributed by atoms with Gasteiger partial charge in [-0.25, -0.2) is 4.79 Å². The minimum absolute atomic E-state index is 0.0893. The van der Waals surface area contributed by atoms with Crippen molar-refractivity contribution in [1.82, 2.24) is 10.2 Å². The highest BCUT2D eigenvalue weighted by Gasteiger charge is 2.28. The quantitative estimate of drug-likeness (QED) is 0.801. The van der Waals surface area contributed by atoms with Gasteiger partial charge < -0.3 is 20.3 Å². The van der Waals surface area contributed by atoms with Crippen LogP contribution in [0, 0.1) is 0 Å². The summed E-state index contributed by atoms with van der Waals surface area (Å²) in [5.74, 6) is -0.155. The molecule has 0 bridgehead atoms. The summed E-state index contributed by atoms with van der Waals surface area (Å²) in [7, 11) is 0. The molecule has 2 rings (SSSR count). The number of likely N-dealkylation sites (tertiary alicyclic amines) is 1. The van der Waals surface area contributed by atoms with Crippen LogP contribution >= 0.6 is 23.2 Å². The van der Waals surface area contributed by atoms with E-state index in [0.717, 1.165) is 12.8 Å². The van der Waals surface area contributed by atoms with Gasteiger partial charge in [-0.3, -0.25) is 4.79 Å². The Bertz CT molecular complexity index is 641. The van der Waals surface area contributed by atoms with Gasteiger partial charge in [-0.05, 0) is 51.8 Å². The smallest absolute Gasteiger partial charge is 0.410 e. The summed E-state index contributed by atoms with van der Waals surface area (Å²) in [4.78, 5) is 26.0.